The highest BCUT2D eigenvalue weighted by Gasteiger charge is 2.26. The van der Waals surface area contributed by atoms with Gasteiger partial charge in [-0.3, -0.25) is 4.79 Å². The van der Waals surface area contributed by atoms with Gasteiger partial charge in [0.1, 0.15) is 0 Å². The molecular formula is C18H20N2O. The zero-order chi connectivity index (χ0) is 14.7. The average Bonchev–Trinajstić information content (AvgIpc) is 2.81. The fraction of sp³-hybridized carbons (Fsp3) is 0.278. The van der Waals surface area contributed by atoms with E-state index in [9.17, 15) is 4.79 Å². The average molecular weight is 280 g/mol. The Bertz CT molecular complexity index is 637. The number of carbonyl (C=O) groups excluding carboxylic acids is 1. The molecule has 0 unspecified atom stereocenters. The van der Waals surface area contributed by atoms with Crippen molar-refractivity contribution in [3.63, 3.8) is 0 Å². The van der Waals surface area contributed by atoms with Crippen molar-refractivity contribution in [2.75, 3.05) is 12.3 Å². The van der Waals surface area contributed by atoms with Crippen molar-refractivity contribution in [3.8, 4) is 0 Å². The van der Waals surface area contributed by atoms with E-state index in [1.165, 1.54) is 5.56 Å². The summed E-state index contributed by atoms with van der Waals surface area (Å²) in [7, 11) is 0. The maximum atomic E-state index is 12.3. The smallest absolute Gasteiger partial charge is 0.254 e. The molecule has 1 heterocycles. The van der Waals surface area contributed by atoms with Crippen molar-refractivity contribution < 1.29 is 4.79 Å². The Balaban J connectivity index is 1.50. The van der Waals surface area contributed by atoms with Crippen LogP contribution in [0.2, 0.25) is 0 Å². The number of rotatable bonds is 5. The van der Waals surface area contributed by atoms with E-state index in [4.69, 9.17) is 5.73 Å². The Morgan fingerprint density at radius 1 is 1.05 bits per heavy atom. The molecule has 3 nitrogen and oxygen atoms in total. The van der Waals surface area contributed by atoms with E-state index in [1.807, 2.05) is 23.1 Å². The lowest BCUT2D eigenvalue weighted by Gasteiger charge is -2.15. The quantitative estimate of drug-likeness (QED) is 0.675. The standard InChI is InChI=1S/C18H20N2O/c19-16-10-9-15-13-20(18(21)17(15)12-16)11-5-4-8-14-6-2-1-3-7-14/h1-3,6-7,9-10,12H,4-5,8,11,13,19H2. The number of benzene rings is 2. The largest absolute Gasteiger partial charge is 0.399 e. The second-order valence-electron chi connectivity index (χ2n) is 5.59. The summed E-state index contributed by atoms with van der Waals surface area (Å²) in [6, 6.07) is 16.1. The Labute approximate surface area is 125 Å². The summed E-state index contributed by atoms with van der Waals surface area (Å²) in [5.41, 5.74) is 9.65. The van der Waals surface area contributed by atoms with Crippen LogP contribution >= 0.6 is 0 Å². The minimum absolute atomic E-state index is 0.122. The van der Waals surface area contributed by atoms with Crippen molar-refractivity contribution in [1.29, 1.82) is 0 Å². The van der Waals surface area contributed by atoms with E-state index in [2.05, 4.69) is 24.3 Å². The maximum Gasteiger partial charge on any atom is 0.254 e. The molecule has 108 valence electrons. The van der Waals surface area contributed by atoms with E-state index in [0.717, 1.165) is 43.5 Å². The molecule has 1 aliphatic heterocycles. The molecule has 0 bridgehead atoms. The fourth-order valence-electron chi connectivity index (χ4n) is 2.84. The lowest BCUT2D eigenvalue weighted by molar-refractivity contribution is 0.0776. The molecule has 0 saturated heterocycles. The summed E-state index contributed by atoms with van der Waals surface area (Å²) < 4.78 is 0. The predicted octanol–water partition coefficient (Wildman–Crippen LogP) is 3.25. The minimum atomic E-state index is 0.122. The van der Waals surface area contributed by atoms with Crippen molar-refractivity contribution in [1.82, 2.24) is 4.90 Å². The normalized spacial score (nSPS) is 13.5. The Morgan fingerprint density at radius 3 is 2.67 bits per heavy atom. The summed E-state index contributed by atoms with van der Waals surface area (Å²) in [5, 5.41) is 0. The van der Waals surface area contributed by atoms with Gasteiger partial charge in [0.25, 0.3) is 5.91 Å². The molecule has 0 atom stereocenters. The third-order valence-electron chi connectivity index (χ3n) is 4.00. The molecule has 3 heteroatoms. The number of nitrogens with two attached hydrogens (primary N) is 1. The van der Waals surface area contributed by atoms with Gasteiger partial charge in [-0.05, 0) is 42.5 Å². The lowest BCUT2D eigenvalue weighted by Crippen LogP contribution is -2.25. The molecule has 0 radical (unpaired) electrons. The van der Waals surface area contributed by atoms with E-state index in [1.54, 1.807) is 6.07 Å². The first-order chi connectivity index (χ1) is 10.2. The summed E-state index contributed by atoms with van der Waals surface area (Å²) in [4.78, 5) is 14.2. The van der Waals surface area contributed by atoms with Gasteiger partial charge >= 0.3 is 0 Å². The van der Waals surface area contributed by atoms with Gasteiger partial charge in [-0.15, -0.1) is 0 Å². The van der Waals surface area contributed by atoms with Crippen LogP contribution in [0.4, 0.5) is 5.69 Å². The van der Waals surface area contributed by atoms with Crippen LogP contribution in [-0.4, -0.2) is 17.4 Å². The highest BCUT2D eigenvalue weighted by atomic mass is 16.2. The molecule has 0 saturated carbocycles. The third kappa shape index (κ3) is 3.07. The van der Waals surface area contributed by atoms with Crippen LogP contribution in [0.3, 0.4) is 0 Å². The van der Waals surface area contributed by atoms with Gasteiger partial charge in [0.15, 0.2) is 0 Å². The number of amides is 1. The summed E-state index contributed by atoms with van der Waals surface area (Å²) in [6.45, 7) is 1.54. The SMILES string of the molecule is Nc1ccc2c(c1)C(=O)N(CCCCc1ccccc1)C2. The molecule has 0 spiro atoms. The lowest BCUT2D eigenvalue weighted by atomic mass is 10.1. The van der Waals surface area contributed by atoms with Crippen LogP contribution in [0, 0.1) is 0 Å². The highest BCUT2D eigenvalue weighted by molar-refractivity contribution is 5.99. The van der Waals surface area contributed by atoms with E-state index >= 15 is 0 Å². The molecule has 0 aliphatic carbocycles. The third-order valence-corrected chi connectivity index (χ3v) is 4.00. The number of hydrogen-bond donors (Lipinski definition) is 1. The Morgan fingerprint density at radius 2 is 1.86 bits per heavy atom. The first-order valence-corrected chi connectivity index (χ1v) is 7.45. The number of fused-ring (bicyclic) bond motifs is 1. The molecule has 3 rings (SSSR count). The second-order valence-corrected chi connectivity index (χ2v) is 5.59. The molecule has 0 fully saturated rings. The van der Waals surface area contributed by atoms with Crippen molar-refractivity contribution in [2.45, 2.75) is 25.8 Å². The summed E-state index contributed by atoms with van der Waals surface area (Å²) >= 11 is 0. The predicted molar refractivity (Wildman–Crippen MR) is 85.0 cm³/mol. The van der Waals surface area contributed by atoms with Crippen LogP contribution in [0.1, 0.15) is 34.3 Å². The van der Waals surface area contributed by atoms with Crippen LogP contribution in [0.25, 0.3) is 0 Å². The molecule has 2 aromatic carbocycles. The molecule has 2 N–H and O–H groups in total. The molecular weight excluding hydrogens is 260 g/mol. The number of nitrogen functional groups attached to an aromatic ring is 1. The summed E-state index contributed by atoms with van der Waals surface area (Å²) in [6.07, 6.45) is 3.21. The number of hydrogen-bond acceptors (Lipinski definition) is 2. The Kier molecular flexibility index (Phi) is 3.91. The Hall–Kier alpha value is -2.29. The van der Waals surface area contributed by atoms with Crippen LogP contribution in [0.15, 0.2) is 48.5 Å². The molecule has 0 aromatic heterocycles. The van der Waals surface area contributed by atoms with Crippen LogP contribution in [-0.2, 0) is 13.0 Å². The van der Waals surface area contributed by atoms with Gasteiger partial charge in [-0.25, -0.2) is 0 Å². The van der Waals surface area contributed by atoms with Crippen molar-refractivity contribution >= 4 is 11.6 Å². The second kappa shape index (κ2) is 6.00. The first kappa shape index (κ1) is 13.7. The van der Waals surface area contributed by atoms with E-state index in [0.29, 0.717) is 5.69 Å². The molecule has 1 aliphatic rings. The van der Waals surface area contributed by atoms with Crippen molar-refractivity contribution in [3.05, 3.63) is 65.2 Å². The van der Waals surface area contributed by atoms with Gasteiger partial charge in [-0.1, -0.05) is 36.4 Å². The zero-order valence-electron chi connectivity index (χ0n) is 12.1. The number of unbranched alkanes of at least 4 members (excludes halogenated alkanes) is 1. The maximum absolute atomic E-state index is 12.3. The highest BCUT2D eigenvalue weighted by Crippen LogP contribution is 2.25. The molecule has 1 amide bonds. The summed E-state index contributed by atoms with van der Waals surface area (Å²) in [5.74, 6) is 0.122. The van der Waals surface area contributed by atoms with E-state index in [-0.39, 0.29) is 5.91 Å². The van der Waals surface area contributed by atoms with E-state index < -0.39 is 0 Å². The van der Waals surface area contributed by atoms with Gasteiger partial charge in [0.2, 0.25) is 0 Å². The van der Waals surface area contributed by atoms with Crippen molar-refractivity contribution in [2.24, 2.45) is 0 Å². The molecule has 21 heavy (non-hydrogen) atoms. The number of anilines is 1. The van der Waals surface area contributed by atoms with Crippen LogP contribution < -0.4 is 5.73 Å². The van der Waals surface area contributed by atoms with Gasteiger partial charge in [-0.2, -0.15) is 0 Å². The molecule has 2 aromatic rings. The van der Waals surface area contributed by atoms with Gasteiger partial charge < -0.3 is 10.6 Å². The number of carbonyl (C=O) groups is 1. The number of nitrogens with zero attached hydrogens (tertiary/aromatic N) is 1. The zero-order valence-corrected chi connectivity index (χ0v) is 12.1. The number of aryl methyl sites for hydroxylation is 1. The van der Waals surface area contributed by atoms with Crippen LogP contribution in [0.5, 0.6) is 0 Å². The monoisotopic (exact) mass is 280 g/mol. The van der Waals surface area contributed by atoms with Gasteiger partial charge in [0, 0.05) is 24.3 Å². The minimum Gasteiger partial charge on any atom is -0.399 e. The topological polar surface area (TPSA) is 46.3 Å². The fourth-order valence-corrected chi connectivity index (χ4v) is 2.84. The first-order valence-electron chi connectivity index (χ1n) is 7.45. The van der Waals surface area contributed by atoms with Gasteiger partial charge in [0.05, 0.1) is 0 Å².